The van der Waals surface area contributed by atoms with Crippen molar-refractivity contribution in [2.24, 2.45) is 5.73 Å². The molecule has 1 aromatic rings. The molecule has 0 atom stereocenters. The molecule has 0 amide bonds. The monoisotopic (exact) mass is 221 g/mol. The van der Waals surface area contributed by atoms with Gasteiger partial charge in [-0.25, -0.2) is 4.98 Å². The maximum absolute atomic E-state index is 5.74. The molecule has 1 heterocycles. The molecule has 1 fully saturated rings. The fourth-order valence-corrected chi connectivity index (χ4v) is 1.60. The zero-order chi connectivity index (χ0) is 11.4. The van der Waals surface area contributed by atoms with Crippen LogP contribution in [-0.4, -0.2) is 23.7 Å². The van der Waals surface area contributed by atoms with Gasteiger partial charge in [0.1, 0.15) is 0 Å². The van der Waals surface area contributed by atoms with Crippen molar-refractivity contribution in [1.29, 1.82) is 0 Å². The number of nitrogens with two attached hydrogens (primary N) is 1. The van der Waals surface area contributed by atoms with Crippen molar-refractivity contribution in [3.63, 3.8) is 0 Å². The van der Waals surface area contributed by atoms with Crippen LogP contribution in [0.5, 0.6) is 5.75 Å². The van der Waals surface area contributed by atoms with Gasteiger partial charge in [0.2, 0.25) is 0 Å². The van der Waals surface area contributed by atoms with Gasteiger partial charge in [-0.15, -0.1) is 0 Å². The molecule has 1 aliphatic rings. The van der Waals surface area contributed by atoms with Crippen molar-refractivity contribution in [3.05, 3.63) is 18.3 Å². The van der Waals surface area contributed by atoms with Crippen LogP contribution >= 0.6 is 0 Å². The van der Waals surface area contributed by atoms with E-state index in [1.807, 2.05) is 12.1 Å². The summed E-state index contributed by atoms with van der Waals surface area (Å²) in [5.74, 6) is 1.64. The van der Waals surface area contributed by atoms with Crippen molar-refractivity contribution < 1.29 is 4.74 Å². The van der Waals surface area contributed by atoms with Crippen LogP contribution in [0.2, 0.25) is 0 Å². The smallest absolute Gasteiger partial charge is 0.169 e. The van der Waals surface area contributed by atoms with Crippen LogP contribution < -0.4 is 15.8 Å². The van der Waals surface area contributed by atoms with Gasteiger partial charge in [-0.05, 0) is 31.4 Å². The molecular weight excluding hydrogens is 202 g/mol. The standard InChI is InChI=1S/C12H19N3O/c1-2-8-16-10-4-3-7-14-11(10)15-12(9-13)5-6-12/h3-4,7H,2,5-6,8-9,13H2,1H3,(H,14,15). The second-order valence-electron chi connectivity index (χ2n) is 4.31. The molecule has 0 bridgehead atoms. The van der Waals surface area contributed by atoms with E-state index in [0.29, 0.717) is 6.54 Å². The minimum atomic E-state index is 0.0681. The number of hydrogen-bond donors (Lipinski definition) is 2. The third-order valence-electron chi connectivity index (χ3n) is 2.86. The molecule has 88 valence electrons. The molecular formula is C12H19N3O. The van der Waals surface area contributed by atoms with E-state index in [9.17, 15) is 0 Å². The summed E-state index contributed by atoms with van der Waals surface area (Å²) >= 11 is 0. The molecule has 0 spiro atoms. The minimum Gasteiger partial charge on any atom is -0.490 e. The van der Waals surface area contributed by atoms with Crippen molar-refractivity contribution in [1.82, 2.24) is 4.98 Å². The Morgan fingerprint density at radius 1 is 1.56 bits per heavy atom. The Balaban J connectivity index is 2.07. The third-order valence-corrected chi connectivity index (χ3v) is 2.86. The van der Waals surface area contributed by atoms with Crippen molar-refractivity contribution in [2.75, 3.05) is 18.5 Å². The van der Waals surface area contributed by atoms with Gasteiger partial charge in [-0.3, -0.25) is 0 Å². The SMILES string of the molecule is CCCOc1cccnc1NC1(CN)CC1. The highest BCUT2D eigenvalue weighted by Gasteiger charge is 2.42. The molecule has 2 rings (SSSR count). The Morgan fingerprint density at radius 3 is 3.00 bits per heavy atom. The number of nitrogens with zero attached hydrogens (tertiary/aromatic N) is 1. The molecule has 0 aliphatic heterocycles. The Labute approximate surface area is 96.2 Å². The van der Waals surface area contributed by atoms with Crippen LogP contribution in [0.25, 0.3) is 0 Å². The first-order valence-electron chi connectivity index (χ1n) is 5.86. The fourth-order valence-electron chi connectivity index (χ4n) is 1.60. The van der Waals surface area contributed by atoms with E-state index in [0.717, 1.165) is 37.4 Å². The van der Waals surface area contributed by atoms with Crippen LogP contribution in [0.4, 0.5) is 5.82 Å². The summed E-state index contributed by atoms with van der Waals surface area (Å²) in [6, 6.07) is 3.83. The van der Waals surface area contributed by atoms with Gasteiger partial charge < -0.3 is 15.8 Å². The Kier molecular flexibility index (Phi) is 3.29. The van der Waals surface area contributed by atoms with Gasteiger partial charge in [0.05, 0.1) is 12.1 Å². The molecule has 1 aromatic heterocycles. The Morgan fingerprint density at radius 2 is 2.38 bits per heavy atom. The first-order valence-corrected chi connectivity index (χ1v) is 5.86. The lowest BCUT2D eigenvalue weighted by Crippen LogP contribution is -2.31. The maximum atomic E-state index is 5.74. The van der Waals surface area contributed by atoms with Gasteiger partial charge in [-0.2, -0.15) is 0 Å². The number of ether oxygens (including phenoxy) is 1. The van der Waals surface area contributed by atoms with Crippen LogP contribution in [-0.2, 0) is 0 Å². The number of anilines is 1. The number of rotatable bonds is 6. The number of hydrogen-bond acceptors (Lipinski definition) is 4. The molecule has 0 aromatic carbocycles. The lowest BCUT2D eigenvalue weighted by atomic mass is 10.2. The van der Waals surface area contributed by atoms with E-state index in [1.54, 1.807) is 6.20 Å². The zero-order valence-electron chi connectivity index (χ0n) is 9.70. The van der Waals surface area contributed by atoms with E-state index < -0.39 is 0 Å². The lowest BCUT2D eigenvalue weighted by Gasteiger charge is -2.18. The average molecular weight is 221 g/mol. The first kappa shape index (κ1) is 11.2. The average Bonchev–Trinajstić information content (AvgIpc) is 3.09. The molecule has 1 aliphatic carbocycles. The maximum Gasteiger partial charge on any atom is 0.169 e. The molecule has 0 radical (unpaired) electrons. The van der Waals surface area contributed by atoms with Crippen LogP contribution in [0.3, 0.4) is 0 Å². The van der Waals surface area contributed by atoms with Gasteiger partial charge in [0.25, 0.3) is 0 Å². The summed E-state index contributed by atoms with van der Waals surface area (Å²) in [6.07, 6.45) is 5.00. The quantitative estimate of drug-likeness (QED) is 0.768. The highest BCUT2D eigenvalue weighted by molar-refractivity contribution is 5.52. The van der Waals surface area contributed by atoms with Crippen LogP contribution in [0.1, 0.15) is 26.2 Å². The van der Waals surface area contributed by atoms with E-state index in [1.165, 1.54) is 0 Å². The summed E-state index contributed by atoms with van der Waals surface area (Å²) in [6.45, 7) is 3.46. The summed E-state index contributed by atoms with van der Waals surface area (Å²) < 4.78 is 5.64. The fraction of sp³-hybridized carbons (Fsp3) is 0.583. The topological polar surface area (TPSA) is 60.2 Å². The van der Waals surface area contributed by atoms with Crippen LogP contribution in [0, 0.1) is 0 Å². The number of nitrogens with one attached hydrogen (secondary N) is 1. The van der Waals surface area contributed by atoms with Gasteiger partial charge in [-0.1, -0.05) is 6.92 Å². The second kappa shape index (κ2) is 4.70. The minimum absolute atomic E-state index is 0.0681. The summed E-state index contributed by atoms with van der Waals surface area (Å²) in [5, 5.41) is 3.40. The predicted octanol–water partition coefficient (Wildman–Crippen LogP) is 1.77. The second-order valence-corrected chi connectivity index (χ2v) is 4.31. The Hall–Kier alpha value is -1.29. The molecule has 3 N–H and O–H groups in total. The van der Waals surface area contributed by atoms with Crippen molar-refractivity contribution in [3.8, 4) is 5.75 Å². The molecule has 4 nitrogen and oxygen atoms in total. The molecule has 0 saturated heterocycles. The van der Waals surface area contributed by atoms with Crippen LogP contribution in [0.15, 0.2) is 18.3 Å². The largest absolute Gasteiger partial charge is 0.490 e. The predicted molar refractivity (Wildman–Crippen MR) is 64.7 cm³/mol. The summed E-state index contributed by atoms with van der Waals surface area (Å²) in [4.78, 5) is 4.31. The molecule has 16 heavy (non-hydrogen) atoms. The number of pyridine rings is 1. The normalized spacial score (nSPS) is 16.9. The summed E-state index contributed by atoms with van der Waals surface area (Å²) in [5.41, 5.74) is 5.80. The van der Waals surface area contributed by atoms with Crippen molar-refractivity contribution >= 4 is 5.82 Å². The highest BCUT2D eigenvalue weighted by Crippen LogP contribution is 2.39. The Bertz CT molecular complexity index is 350. The molecule has 1 saturated carbocycles. The van der Waals surface area contributed by atoms with Gasteiger partial charge >= 0.3 is 0 Å². The summed E-state index contributed by atoms with van der Waals surface area (Å²) in [7, 11) is 0. The first-order chi connectivity index (χ1) is 7.79. The molecule has 4 heteroatoms. The molecule has 0 unspecified atom stereocenters. The van der Waals surface area contributed by atoms with E-state index in [4.69, 9.17) is 10.5 Å². The van der Waals surface area contributed by atoms with Gasteiger partial charge in [0.15, 0.2) is 11.6 Å². The number of aromatic nitrogens is 1. The zero-order valence-corrected chi connectivity index (χ0v) is 9.70. The van der Waals surface area contributed by atoms with E-state index in [-0.39, 0.29) is 5.54 Å². The van der Waals surface area contributed by atoms with E-state index in [2.05, 4.69) is 17.2 Å². The van der Waals surface area contributed by atoms with Crippen molar-refractivity contribution in [2.45, 2.75) is 31.7 Å². The highest BCUT2D eigenvalue weighted by atomic mass is 16.5. The van der Waals surface area contributed by atoms with Gasteiger partial charge in [0, 0.05) is 12.7 Å². The third kappa shape index (κ3) is 2.44. The van der Waals surface area contributed by atoms with E-state index >= 15 is 0 Å². The lowest BCUT2D eigenvalue weighted by molar-refractivity contribution is 0.317.